The molecule has 7 nitrogen and oxygen atoms in total. The van der Waals surface area contributed by atoms with Gasteiger partial charge in [-0.3, -0.25) is 14.3 Å². The number of amides is 2. The monoisotopic (exact) mass is 443 g/mol. The fourth-order valence-electron chi connectivity index (χ4n) is 3.64. The highest BCUT2D eigenvalue weighted by atomic mass is 32.2. The maximum absolute atomic E-state index is 12.9. The van der Waals surface area contributed by atoms with Crippen molar-refractivity contribution in [3.8, 4) is 0 Å². The van der Waals surface area contributed by atoms with Gasteiger partial charge in [-0.15, -0.1) is 0 Å². The Balaban J connectivity index is 1.75. The van der Waals surface area contributed by atoms with Gasteiger partial charge in [0.15, 0.2) is 0 Å². The van der Waals surface area contributed by atoms with Crippen LogP contribution in [-0.4, -0.2) is 44.3 Å². The van der Waals surface area contributed by atoms with Gasteiger partial charge in [0.1, 0.15) is 0 Å². The van der Waals surface area contributed by atoms with Crippen LogP contribution in [0.1, 0.15) is 41.8 Å². The zero-order chi connectivity index (χ0) is 22.8. The summed E-state index contributed by atoms with van der Waals surface area (Å²) < 4.78 is 28.2. The third kappa shape index (κ3) is 5.44. The Kier molecular flexibility index (Phi) is 6.69. The van der Waals surface area contributed by atoms with Crippen LogP contribution in [0.25, 0.3) is 0 Å². The van der Waals surface area contributed by atoms with Crippen molar-refractivity contribution in [2.24, 2.45) is 5.92 Å². The molecule has 2 aromatic rings. The fourth-order valence-corrected chi connectivity index (χ4v) is 4.72. The van der Waals surface area contributed by atoms with Gasteiger partial charge in [-0.25, -0.2) is 8.42 Å². The van der Waals surface area contributed by atoms with E-state index in [0.29, 0.717) is 36.3 Å². The molecule has 2 N–H and O–H groups in total. The van der Waals surface area contributed by atoms with Gasteiger partial charge in [-0.05, 0) is 55.7 Å². The van der Waals surface area contributed by atoms with Crippen LogP contribution in [0.3, 0.4) is 0 Å². The Morgan fingerprint density at radius 2 is 1.84 bits per heavy atom. The molecule has 31 heavy (non-hydrogen) atoms. The lowest BCUT2D eigenvalue weighted by Crippen LogP contribution is -2.39. The molecule has 2 amide bonds. The normalized spacial score (nSPS) is 16.4. The minimum Gasteiger partial charge on any atom is -0.347 e. The quantitative estimate of drug-likeness (QED) is 0.717. The molecule has 0 bridgehead atoms. The zero-order valence-corrected chi connectivity index (χ0v) is 19.1. The van der Waals surface area contributed by atoms with Gasteiger partial charge in [0.25, 0.3) is 15.9 Å². The van der Waals surface area contributed by atoms with E-state index in [-0.39, 0.29) is 28.7 Å². The molecule has 1 fully saturated rings. The second-order valence-electron chi connectivity index (χ2n) is 8.35. The predicted octanol–water partition coefficient (Wildman–Crippen LogP) is 3.09. The maximum atomic E-state index is 12.9. The number of likely N-dealkylation sites (tertiary alicyclic amines) is 1. The molecule has 0 spiro atoms. The van der Waals surface area contributed by atoms with Crippen molar-refractivity contribution in [2.75, 3.05) is 17.8 Å². The Morgan fingerprint density at radius 1 is 1.10 bits per heavy atom. The van der Waals surface area contributed by atoms with Crippen LogP contribution in [0.4, 0.5) is 5.69 Å². The highest BCUT2D eigenvalue weighted by Crippen LogP contribution is 2.21. The summed E-state index contributed by atoms with van der Waals surface area (Å²) in [5.74, 6) is -0.350. The van der Waals surface area contributed by atoms with E-state index in [1.165, 1.54) is 12.1 Å². The first-order valence-electron chi connectivity index (χ1n) is 10.4. The highest BCUT2D eigenvalue weighted by molar-refractivity contribution is 7.92. The number of aryl methyl sites for hydroxylation is 2. The second-order valence-corrected chi connectivity index (χ2v) is 10.0. The number of hydrogen-bond acceptors (Lipinski definition) is 4. The molecule has 1 saturated heterocycles. The standard InChI is InChI=1S/C23H29N3O4S/c1-15(2)23(28)26-11-10-19(14-26)24-22(27)21-13-20(9-8-17(21)4)31(29,30)25-18-7-5-6-16(3)12-18/h5-9,12-13,15,19,25H,10-11,14H2,1-4H3,(H,24,27)/t19-/m1/s1. The van der Waals surface area contributed by atoms with Crippen molar-refractivity contribution in [1.82, 2.24) is 10.2 Å². The second kappa shape index (κ2) is 9.09. The summed E-state index contributed by atoms with van der Waals surface area (Å²) in [7, 11) is -3.84. The van der Waals surface area contributed by atoms with Crippen molar-refractivity contribution in [2.45, 2.75) is 45.1 Å². The lowest BCUT2D eigenvalue weighted by atomic mass is 10.1. The van der Waals surface area contributed by atoms with E-state index in [1.807, 2.05) is 26.8 Å². The van der Waals surface area contributed by atoms with Gasteiger partial charge >= 0.3 is 0 Å². The van der Waals surface area contributed by atoms with E-state index in [1.54, 1.807) is 36.1 Å². The molecular formula is C23H29N3O4S. The van der Waals surface area contributed by atoms with Gasteiger partial charge in [-0.1, -0.05) is 32.0 Å². The number of nitrogens with one attached hydrogen (secondary N) is 2. The predicted molar refractivity (Wildman–Crippen MR) is 120 cm³/mol. The molecule has 166 valence electrons. The Morgan fingerprint density at radius 3 is 2.52 bits per heavy atom. The van der Waals surface area contributed by atoms with Crippen molar-refractivity contribution >= 4 is 27.5 Å². The van der Waals surface area contributed by atoms with E-state index in [0.717, 1.165) is 5.56 Å². The van der Waals surface area contributed by atoms with Gasteiger partial charge < -0.3 is 10.2 Å². The van der Waals surface area contributed by atoms with Gasteiger partial charge in [0.2, 0.25) is 5.91 Å². The Labute approximate surface area is 183 Å². The summed E-state index contributed by atoms with van der Waals surface area (Å²) in [6, 6.07) is 11.4. The van der Waals surface area contributed by atoms with E-state index in [9.17, 15) is 18.0 Å². The summed E-state index contributed by atoms with van der Waals surface area (Å²) in [6.45, 7) is 8.43. The Bertz CT molecular complexity index is 1100. The molecule has 2 aromatic carbocycles. The molecule has 0 aromatic heterocycles. The zero-order valence-electron chi connectivity index (χ0n) is 18.3. The molecule has 1 aliphatic rings. The molecule has 8 heteroatoms. The number of nitrogens with zero attached hydrogens (tertiary/aromatic N) is 1. The number of benzene rings is 2. The summed E-state index contributed by atoms with van der Waals surface area (Å²) in [5.41, 5.74) is 2.39. The molecule has 1 heterocycles. The fraction of sp³-hybridized carbons (Fsp3) is 0.391. The number of carbonyl (C=O) groups is 2. The molecule has 0 radical (unpaired) electrons. The van der Waals surface area contributed by atoms with Gasteiger partial charge in [0, 0.05) is 36.3 Å². The first-order chi connectivity index (χ1) is 14.6. The average Bonchev–Trinajstić information content (AvgIpc) is 3.15. The number of anilines is 1. The van der Waals surface area contributed by atoms with Crippen LogP contribution < -0.4 is 10.0 Å². The van der Waals surface area contributed by atoms with Crippen LogP contribution in [0.15, 0.2) is 47.4 Å². The third-order valence-electron chi connectivity index (χ3n) is 5.36. The van der Waals surface area contributed by atoms with Crippen LogP contribution in [0.2, 0.25) is 0 Å². The minimum absolute atomic E-state index is 0.0211. The maximum Gasteiger partial charge on any atom is 0.261 e. The molecule has 3 rings (SSSR count). The van der Waals surface area contributed by atoms with Gasteiger partial charge in [-0.2, -0.15) is 0 Å². The van der Waals surface area contributed by atoms with E-state index in [2.05, 4.69) is 10.0 Å². The number of rotatable bonds is 6. The molecule has 0 aliphatic carbocycles. The summed E-state index contributed by atoms with van der Waals surface area (Å²) in [6.07, 6.45) is 0.677. The molecule has 0 unspecified atom stereocenters. The Hall–Kier alpha value is -2.87. The van der Waals surface area contributed by atoms with E-state index < -0.39 is 10.0 Å². The van der Waals surface area contributed by atoms with Crippen molar-refractivity contribution < 1.29 is 18.0 Å². The SMILES string of the molecule is Cc1cccc(NS(=O)(=O)c2ccc(C)c(C(=O)N[C@@H]3CCN(C(=O)C(C)C)C3)c2)c1. The van der Waals surface area contributed by atoms with Crippen molar-refractivity contribution in [1.29, 1.82) is 0 Å². The topological polar surface area (TPSA) is 95.6 Å². The van der Waals surface area contributed by atoms with Gasteiger partial charge in [0.05, 0.1) is 4.90 Å². The first kappa shape index (κ1) is 22.8. The number of hydrogen-bond donors (Lipinski definition) is 2. The highest BCUT2D eigenvalue weighted by Gasteiger charge is 2.29. The number of sulfonamides is 1. The third-order valence-corrected chi connectivity index (χ3v) is 6.74. The van der Waals surface area contributed by atoms with E-state index in [4.69, 9.17) is 0 Å². The molecule has 0 saturated carbocycles. The molecule has 1 atom stereocenters. The summed E-state index contributed by atoms with van der Waals surface area (Å²) in [4.78, 5) is 26.8. The van der Waals surface area contributed by atoms with E-state index >= 15 is 0 Å². The largest absolute Gasteiger partial charge is 0.347 e. The average molecular weight is 444 g/mol. The smallest absolute Gasteiger partial charge is 0.261 e. The van der Waals surface area contributed by atoms with Crippen molar-refractivity contribution in [3.05, 3.63) is 59.2 Å². The van der Waals surface area contributed by atoms with Crippen LogP contribution in [0.5, 0.6) is 0 Å². The van der Waals surface area contributed by atoms with Crippen LogP contribution in [0, 0.1) is 19.8 Å². The lowest BCUT2D eigenvalue weighted by molar-refractivity contribution is -0.133. The summed E-state index contributed by atoms with van der Waals surface area (Å²) in [5, 5.41) is 2.95. The number of carbonyl (C=O) groups excluding carboxylic acids is 2. The minimum atomic E-state index is -3.84. The molecular weight excluding hydrogens is 414 g/mol. The lowest BCUT2D eigenvalue weighted by Gasteiger charge is -2.19. The summed E-state index contributed by atoms with van der Waals surface area (Å²) >= 11 is 0. The first-order valence-corrected chi connectivity index (χ1v) is 11.8. The van der Waals surface area contributed by atoms with Crippen LogP contribution in [-0.2, 0) is 14.8 Å². The molecule has 1 aliphatic heterocycles. The van der Waals surface area contributed by atoms with Crippen molar-refractivity contribution in [3.63, 3.8) is 0 Å². The van der Waals surface area contributed by atoms with Crippen LogP contribution >= 0.6 is 0 Å².